The van der Waals surface area contributed by atoms with Gasteiger partial charge in [0.25, 0.3) is 0 Å². The number of amides is 2. The number of rotatable bonds is 4. The Bertz CT molecular complexity index is 824. The molecule has 5 nitrogen and oxygen atoms in total. The lowest BCUT2D eigenvalue weighted by Crippen LogP contribution is -2.58. The molecule has 118 valence electrons. The standard InChI is InChI=1S/C17H17N3O2S/c1-3-8-20-16(22)13(15(21)18-17(20)23)9-11-10-19(2)14-7-5-4-6-12(11)14/h3-7,10,13H,1,8-9H2,2H3,(H,18,21,23). The second-order valence-corrected chi connectivity index (χ2v) is 5.96. The van der Waals surface area contributed by atoms with Gasteiger partial charge in [-0.15, -0.1) is 6.58 Å². The molecule has 1 aromatic carbocycles. The van der Waals surface area contributed by atoms with Gasteiger partial charge in [0, 0.05) is 30.7 Å². The largest absolute Gasteiger partial charge is 0.350 e. The Morgan fingerprint density at radius 2 is 2.09 bits per heavy atom. The van der Waals surface area contributed by atoms with Crippen molar-refractivity contribution in [2.45, 2.75) is 6.42 Å². The fourth-order valence-electron chi connectivity index (χ4n) is 2.95. The van der Waals surface area contributed by atoms with Crippen LogP contribution in [0.25, 0.3) is 10.9 Å². The van der Waals surface area contributed by atoms with Crippen LogP contribution in [-0.4, -0.2) is 32.9 Å². The van der Waals surface area contributed by atoms with Gasteiger partial charge in [0.05, 0.1) is 0 Å². The van der Waals surface area contributed by atoms with Crippen LogP contribution in [0.1, 0.15) is 5.56 Å². The Kier molecular flexibility index (Phi) is 4.00. The molecule has 0 saturated carbocycles. The molecule has 1 fully saturated rings. The fourth-order valence-corrected chi connectivity index (χ4v) is 3.22. The van der Waals surface area contributed by atoms with Crippen molar-refractivity contribution in [1.29, 1.82) is 0 Å². The van der Waals surface area contributed by atoms with Crippen molar-refractivity contribution in [2.24, 2.45) is 13.0 Å². The number of para-hydroxylation sites is 1. The summed E-state index contributed by atoms with van der Waals surface area (Å²) in [7, 11) is 1.95. The number of fused-ring (bicyclic) bond motifs is 1. The summed E-state index contributed by atoms with van der Waals surface area (Å²) in [6.45, 7) is 3.92. The minimum atomic E-state index is -0.771. The first kappa shape index (κ1) is 15.4. The molecule has 0 spiro atoms. The zero-order chi connectivity index (χ0) is 16.6. The first-order valence-electron chi connectivity index (χ1n) is 7.33. The Balaban J connectivity index is 1.94. The van der Waals surface area contributed by atoms with Crippen LogP contribution in [0.2, 0.25) is 0 Å². The summed E-state index contributed by atoms with van der Waals surface area (Å²) in [4.78, 5) is 26.2. The van der Waals surface area contributed by atoms with E-state index in [2.05, 4.69) is 11.9 Å². The summed E-state index contributed by atoms with van der Waals surface area (Å²) in [5.74, 6) is -1.38. The minimum Gasteiger partial charge on any atom is -0.350 e. The quantitative estimate of drug-likeness (QED) is 0.529. The maximum atomic E-state index is 12.6. The SMILES string of the molecule is C=CCN1C(=O)C(Cc2cn(C)c3ccccc23)C(=O)NC1=S. The van der Waals surface area contributed by atoms with Crippen LogP contribution in [0, 0.1) is 5.92 Å². The number of aromatic nitrogens is 1. The molecule has 2 amide bonds. The lowest BCUT2D eigenvalue weighted by atomic mass is 9.95. The average Bonchev–Trinajstić information content (AvgIpc) is 2.85. The predicted octanol–water partition coefficient (Wildman–Crippen LogP) is 1.77. The molecule has 1 aliphatic rings. The van der Waals surface area contributed by atoms with Crippen LogP contribution in [0.15, 0.2) is 43.1 Å². The first-order chi connectivity index (χ1) is 11.0. The van der Waals surface area contributed by atoms with E-state index >= 15 is 0 Å². The van der Waals surface area contributed by atoms with Gasteiger partial charge in [-0.3, -0.25) is 14.5 Å². The Hall–Kier alpha value is -2.47. The van der Waals surface area contributed by atoms with E-state index < -0.39 is 5.92 Å². The number of nitrogens with zero attached hydrogens (tertiary/aromatic N) is 2. The van der Waals surface area contributed by atoms with Crippen molar-refractivity contribution in [3.8, 4) is 0 Å². The van der Waals surface area contributed by atoms with Gasteiger partial charge < -0.3 is 9.88 Å². The average molecular weight is 327 g/mol. The van der Waals surface area contributed by atoms with E-state index in [4.69, 9.17) is 12.2 Å². The van der Waals surface area contributed by atoms with Gasteiger partial charge in [0.15, 0.2) is 5.11 Å². The smallest absolute Gasteiger partial charge is 0.241 e. The van der Waals surface area contributed by atoms with E-state index in [0.717, 1.165) is 16.5 Å². The van der Waals surface area contributed by atoms with E-state index in [1.165, 1.54) is 4.90 Å². The van der Waals surface area contributed by atoms with Gasteiger partial charge in [-0.25, -0.2) is 0 Å². The summed E-state index contributed by atoms with van der Waals surface area (Å²) in [6, 6.07) is 7.94. The minimum absolute atomic E-state index is 0.147. The molecule has 3 rings (SSSR count). The van der Waals surface area contributed by atoms with E-state index in [1.54, 1.807) is 6.08 Å². The highest BCUT2D eigenvalue weighted by molar-refractivity contribution is 7.80. The summed E-state index contributed by atoms with van der Waals surface area (Å²) in [6.07, 6.45) is 3.91. The van der Waals surface area contributed by atoms with Crippen LogP contribution in [-0.2, 0) is 23.1 Å². The molecule has 6 heteroatoms. The van der Waals surface area contributed by atoms with Crippen LogP contribution in [0.4, 0.5) is 0 Å². The number of aryl methyl sites for hydroxylation is 1. The molecule has 2 heterocycles. The number of benzene rings is 1. The second kappa shape index (κ2) is 5.96. The molecule has 2 aromatic rings. The lowest BCUT2D eigenvalue weighted by molar-refractivity contribution is -0.140. The number of carbonyl (C=O) groups excluding carboxylic acids is 2. The van der Waals surface area contributed by atoms with Gasteiger partial charge in [-0.05, 0) is 30.3 Å². The van der Waals surface area contributed by atoms with E-state index in [9.17, 15) is 9.59 Å². The molecule has 0 aliphatic carbocycles. The molecule has 1 N–H and O–H groups in total. The van der Waals surface area contributed by atoms with E-state index in [1.807, 2.05) is 42.1 Å². The molecular weight excluding hydrogens is 310 g/mol. The summed E-state index contributed by atoms with van der Waals surface area (Å²) < 4.78 is 2.00. The van der Waals surface area contributed by atoms with Crippen LogP contribution >= 0.6 is 12.2 Å². The first-order valence-corrected chi connectivity index (χ1v) is 7.73. The maximum Gasteiger partial charge on any atom is 0.241 e. The van der Waals surface area contributed by atoms with Crippen molar-refractivity contribution in [3.05, 3.63) is 48.7 Å². The third kappa shape index (κ3) is 2.66. The number of hydrogen-bond acceptors (Lipinski definition) is 3. The molecule has 0 radical (unpaired) electrons. The number of hydrogen-bond donors (Lipinski definition) is 1. The Morgan fingerprint density at radius 3 is 2.83 bits per heavy atom. The number of nitrogens with one attached hydrogen (secondary N) is 1. The third-order valence-corrected chi connectivity index (χ3v) is 4.39. The number of carbonyl (C=O) groups is 2. The molecule has 23 heavy (non-hydrogen) atoms. The van der Waals surface area contributed by atoms with Gasteiger partial charge in [0.1, 0.15) is 5.92 Å². The Morgan fingerprint density at radius 1 is 1.35 bits per heavy atom. The predicted molar refractivity (Wildman–Crippen MR) is 92.8 cm³/mol. The molecule has 1 atom stereocenters. The third-order valence-electron chi connectivity index (χ3n) is 4.07. The van der Waals surface area contributed by atoms with Crippen molar-refractivity contribution in [1.82, 2.24) is 14.8 Å². The topological polar surface area (TPSA) is 54.3 Å². The fraction of sp³-hybridized carbons (Fsp3) is 0.235. The van der Waals surface area contributed by atoms with Crippen molar-refractivity contribution in [2.75, 3.05) is 6.54 Å². The summed E-state index contributed by atoms with van der Waals surface area (Å²) in [5.41, 5.74) is 2.05. The molecule has 1 aliphatic heterocycles. The van der Waals surface area contributed by atoms with Crippen LogP contribution in [0.3, 0.4) is 0 Å². The zero-order valence-corrected chi connectivity index (χ0v) is 13.6. The molecule has 0 bridgehead atoms. The van der Waals surface area contributed by atoms with Gasteiger partial charge in [-0.2, -0.15) is 0 Å². The Labute approximate surface area is 139 Å². The normalized spacial score (nSPS) is 18.4. The van der Waals surface area contributed by atoms with Crippen molar-refractivity contribution >= 4 is 40.0 Å². The lowest BCUT2D eigenvalue weighted by Gasteiger charge is -2.31. The molecule has 1 saturated heterocycles. The van der Waals surface area contributed by atoms with E-state index in [0.29, 0.717) is 13.0 Å². The molecule has 1 unspecified atom stereocenters. The highest BCUT2D eigenvalue weighted by Gasteiger charge is 2.38. The zero-order valence-electron chi connectivity index (χ0n) is 12.8. The summed E-state index contributed by atoms with van der Waals surface area (Å²) in [5, 5.41) is 3.81. The highest BCUT2D eigenvalue weighted by Crippen LogP contribution is 2.25. The van der Waals surface area contributed by atoms with Gasteiger partial charge in [0.2, 0.25) is 11.8 Å². The second-order valence-electron chi connectivity index (χ2n) is 5.57. The molecular formula is C17H17N3O2S. The van der Waals surface area contributed by atoms with Crippen LogP contribution < -0.4 is 5.32 Å². The van der Waals surface area contributed by atoms with Gasteiger partial charge in [-0.1, -0.05) is 24.3 Å². The molecule has 1 aromatic heterocycles. The number of thiocarbonyl (C=S) groups is 1. The maximum absolute atomic E-state index is 12.6. The summed E-state index contributed by atoms with van der Waals surface area (Å²) >= 11 is 5.07. The van der Waals surface area contributed by atoms with E-state index in [-0.39, 0.29) is 16.9 Å². The van der Waals surface area contributed by atoms with Crippen LogP contribution in [0.5, 0.6) is 0 Å². The van der Waals surface area contributed by atoms with Gasteiger partial charge >= 0.3 is 0 Å². The highest BCUT2D eigenvalue weighted by atomic mass is 32.1. The van der Waals surface area contributed by atoms with Crippen molar-refractivity contribution < 1.29 is 9.59 Å². The van der Waals surface area contributed by atoms with Crippen molar-refractivity contribution in [3.63, 3.8) is 0 Å². The monoisotopic (exact) mass is 327 g/mol.